The maximum atomic E-state index is 11.6. The van der Waals surface area contributed by atoms with Crippen molar-refractivity contribution in [2.24, 2.45) is 5.73 Å². The van der Waals surface area contributed by atoms with Gasteiger partial charge in [0.1, 0.15) is 0 Å². The molecule has 0 saturated heterocycles. The largest absolute Gasteiger partial charge is 0.523 e. The van der Waals surface area contributed by atoms with Crippen molar-refractivity contribution >= 4 is 20.6 Å². The Bertz CT molecular complexity index is 309. The Morgan fingerprint density at radius 3 is 2.06 bits per heavy atom. The van der Waals surface area contributed by atoms with E-state index in [9.17, 15) is 9.59 Å². The first-order chi connectivity index (χ1) is 8.45. The van der Waals surface area contributed by atoms with E-state index in [0.717, 1.165) is 12.2 Å². The number of nitrogens with two attached hydrogens (primary N) is 1. The smallest absolute Gasteiger partial charge is 0.376 e. The van der Waals surface area contributed by atoms with Gasteiger partial charge in [0, 0.05) is 33.5 Å². The number of carbonyl (C=O) groups excluding carboxylic acids is 2. The predicted molar refractivity (Wildman–Crippen MR) is 67.3 cm³/mol. The van der Waals surface area contributed by atoms with Crippen LogP contribution in [0.25, 0.3) is 0 Å². The van der Waals surface area contributed by atoms with Gasteiger partial charge >= 0.3 is 8.80 Å². The number of nitrogens with one attached hydrogen (secondary N) is 1. The summed E-state index contributed by atoms with van der Waals surface area (Å²) >= 11 is 0. The van der Waals surface area contributed by atoms with Crippen LogP contribution in [-0.4, -0.2) is 47.6 Å². The molecule has 0 radical (unpaired) electrons. The van der Waals surface area contributed by atoms with E-state index in [1.54, 1.807) is 0 Å². The van der Waals surface area contributed by atoms with Gasteiger partial charge in [0.25, 0.3) is 0 Å². The SMILES string of the molecule is CCC(NC(=O)C=CC(N)=O)[Si](OC)(OC)OC. The molecule has 0 aliphatic rings. The monoisotopic (exact) mass is 276 g/mol. The normalized spacial score (nSPS) is 13.6. The maximum absolute atomic E-state index is 11.6. The van der Waals surface area contributed by atoms with Crippen molar-refractivity contribution < 1.29 is 22.9 Å². The minimum atomic E-state index is -2.95. The fourth-order valence-electron chi connectivity index (χ4n) is 1.49. The molecule has 0 heterocycles. The highest BCUT2D eigenvalue weighted by molar-refractivity contribution is 6.62. The number of hydrogen-bond acceptors (Lipinski definition) is 5. The molecule has 18 heavy (non-hydrogen) atoms. The number of primary amides is 1. The Labute approximate surface area is 108 Å². The van der Waals surface area contributed by atoms with Gasteiger partial charge < -0.3 is 24.3 Å². The average molecular weight is 276 g/mol. The molecule has 104 valence electrons. The molecule has 0 spiro atoms. The second-order valence-corrected chi connectivity index (χ2v) is 6.55. The van der Waals surface area contributed by atoms with Gasteiger partial charge in [0.2, 0.25) is 11.8 Å². The van der Waals surface area contributed by atoms with Crippen LogP contribution in [0, 0.1) is 0 Å². The van der Waals surface area contributed by atoms with Crippen LogP contribution in [0.4, 0.5) is 0 Å². The zero-order valence-electron chi connectivity index (χ0n) is 11.1. The maximum Gasteiger partial charge on any atom is 0.523 e. The summed E-state index contributed by atoms with van der Waals surface area (Å²) in [4.78, 5) is 22.1. The van der Waals surface area contributed by atoms with Crippen LogP contribution in [0.2, 0.25) is 0 Å². The zero-order chi connectivity index (χ0) is 14.2. The van der Waals surface area contributed by atoms with Crippen LogP contribution >= 0.6 is 0 Å². The lowest BCUT2D eigenvalue weighted by Gasteiger charge is -2.31. The lowest BCUT2D eigenvalue weighted by Crippen LogP contribution is -2.61. The second kappa shape index (κ2) is 7.98. The van der Waals surface area contributed by atoms with Crippen LogP contribution in [0.5, 0.6) is 0 Å². The third-order valence-electron chi connectivity index (χ3n) is 2.40. The summed E-state index contributed by atoms with van der Waals surface area (Å²) < 4.78 is 15.8. The quantitative estimate of drug-likeness (QED) is 0.453. The van der Waals surface area contributed by atoms with E-state index in [4.69, 9.17) is 19.0 Å². The molecule has 7 nitrogen and oxygen atoms in total. The van der Waals surface area contributed by atoms with Crippen molar-refractivity contribution in [3.63, 3.8) is 0 Å². The summed E-state index contributed by atoms with van der Waals surface area (Å²) in [6.07, 6.45) is 2.61. The zero-order valence-corrected chi connectivity index (χ0v) is 12.1. The third-order valence-corrected chi connectivity index (χ3v) is 5.52. The Balaban J connectivity index is 4.78. The van der Waals surface area contributed by atoms with Crippen LogP contribution in [-0.2, 0) is 22.9 Å². The molecule has 0 aromatic carbocycles. The molecule has 1 atom stereocenters. The Kier molecular flexibility index (Phi) is 7.44. The van der Waals surface area contributed by atoms with E-state index in [-0.39, 0.29) is 0 Å². The number of amides is 2. The van der Waals surface area contributed by atoms with E-state index >= 15 is 0 Å². The fraction of sp³-hybridized carbons (Fsp3) is 0.600. The summed E-state index contributed by atoms with van der Waals surface area (Å²) in [6, 6.07) is 0. The minimum Gasteiger partial charge on any atom is -0.376 e. The average Bonchev–Trinajstić information content (AvgIpc) is 2.37. The molecule has 3 N–H and O–H groups in total. The second-order valence-electron chi connectivity index (χ2n) is 3.42. The van der Waals surface area contributed by atoms with Crippen molar-refractivity contribution in [3.05, 3.63) is 12.2 Å². The summed E-state index contributed by atoms with van der Waals surface area (Å²) in [7, 11) is 1.45. The van der Waals surface area contributed by atoms with Gasteiger partial charge in [-0.3, -0.25) is 9.59 Å². The van der Waals surface area contributed by atoms with Gasteiger partial charge in [0.05, 0.1) is 5.67 Å². The molecule has 0 aromatic heterocycles. The third kappa shape index (κ3) is 4.57. The lowest BCUT2D eigenvalue weighted by molar-refractivity contribution is -0.118. The topological polar surface area (TPSA) is 99.9 Å². The highest BCUT2D eigenvalue weighted by Gasteiger charge is 2.47. The van der Waals surface area contributed by atoms with Crippen molar-refractivity contribution in [1.82, 2.24) is 5.32 Å². The molecular formula is C10H20N2O5Si. The Hall–Kier alpha value is -1.22. The highest BCUT2D eigenvalue weighted by atomic mass is 28.4. The van der Waals surface area contributed by atoms with Gasteiger partial charge in [-0.1, -0.05) is 6.92 Å². The Morgan fingerprint density at radius 1 is 1.22 bits per heavy atom. The van der Waals surface area contributed by atoms with Crippen molar-refractivity contribution in [1.29, 1.82) is 0 Å². The van der Waals surface area contributed by atoms with Crippen LogP contribution in [0.15, 0.2) is 12.2 Å². The first-order valence-electron chi connectivity index (χ1n) is 5.39. The van der Waals surface area contributed by atoms with Gasteiger partial charge in [-0.25, -0.2) is 0 Å². The van der Waals surface area contributed by atoms with E-state index in [1.807, 2.05) is 6.92 Å². The van der Waals surface area contributed by atoms with Gasteiger partial charge in [0.15, 0.2) is 0 Å². The van der Waals surface area contributed by atoms with Crippen LogP contribution in [0.1, 0.15) is 13.3 Å². The highest BCUT2D eigenvalue weighted by Crippen LogP contribution is 2.14. The first kappa shape index (κ1) is 16.8. The Morgan fingerprint density at radius 2 is 1.72 bits per heavy atom. The molecule has 0 bridgehead atoms. The van der Waals surface area contributed by atoms with Crippen molar-refractivity contribution in [3.8, 4) is 0 Å². The molecule has 8 heteroatoms. The van der Waals surface area contributed by atoms with Gasteiger partial charge in [-0.2, -0.15) is 0 Å². The molecule has 0 rings (SSSR count). The lowest BCUT2D eigenvalue weighted by atomic mass is 10.4. The standard InChI is InChI=1S/C10H20N2O5Si/c1-5-10(18(15-2,16-3)17-4)12-9(14)7-6-8(11)13/h6-7,10H,5H2,1-4H3,(H2,11,13)(H,12,14). The minimum absolute atomic E-state index is 0.400. The molecule has 0 aliphatic carbocycles. The van der Waals surface area contributed by atoms with Crippen molar-refractivity contribution in [2.75, 3.05) is 21.3 Å². The molecule has 1 unspecified atom stereocenters. The number of rotatable bonds is 8. The first-order valence-corrected chi connectivity index (χ1v) is 7.19. The van der Waals surface area contributed by atoms with Gasteiger partial charge in [-0.15, -0.1) is 0 Å². The number of hydrogen-bond donors (Lipinski definition) is 2. The summed E-state index contributed by atoms with van der Waals surface area (Å²) in [5, 5.41) is 2.67. The molecule has 0 aromatic rings. The van der Waals surface area contributed by atoms with E-state index < -0.39 is 26.3 Å². The van der Waals surface area contributed by atoms with E-state index in [2.05, 4.69) is 5.32 Å². The number of carbonyl (C=O) groups is 2. The molecular weight excluding hydrogens is 256 g/mol. The predicted octanol–water partition coefficient (Wildman–Crippen LogP) is -0.660. The summed E-state index contributed by atoms with van der Waals surface area (Å²) in [5.74, 6) is -1.14. The van der Waals surface area contributed by atoms with Crippen LogP contribution in [0.3, 0.4) is 0 Å². The fourth-order valence-corrected chi connectivity index (χ4v) is 3.67. The molecule has 0 fully saturated rings. The molecule has 2 amide bonds. The summed E-state index contributed by atoms with van der Waals surface area (Å²) in [5.41, 5.74) is 4.50. The van der Waals surface area contributed by atoms with Gasteiger partial charge in [-0.05, 0) is 6.42 Å². The molecule has 0 saturated carbocycles. The van der Waals surface area contributed by atoms with Crippen LogP contribution < -0.4 is 11.1 Å². The van der Waals surface area contributed by atoms with E-state index in [0.29, 0.717) is 6.42 Å². The van der Waals surface area contributed by atoms with Crippen molar-refractivity contribution in [2.45, 2.75) is 19.0 Å². The van der Waals surface area contributed by atoms with E-state index in [1.165, 1.54) is 21.3 Å². The summed E-state index contributed by atoms with van der Waals surface area (Å²) in [6.45, 7) is 1.86. The molecule has 0 aliphatic heterocycles.